The van der Waals surface area contributed by atoms with Crippen LogP contribution in [0.25, 0.3) is 11.0 Å². The molecule has 0 aromatic carbocycles. The second kappa shape index (κ2) is 5.47. The summed E-state index contributed by atoms with van der Waals surface area (Å²) in [6.07, 6.45) is 6.79. The first-order valence-corrected chi connectivity index (χ1v) is 6.97. The highest BCUT2D eigenvalue weighted by Crippen LogP contribution is 2.28. The van der Waals surface area contributed by atoms with Crippen molar-refractivity contribution in [1.82, 2.24) is 24.9 Å². The van der Waals surface area contributed by atoms with Crippen LogP contribution in [0.3, 0.4) is 0 Å². The standard InChI is InChI=1S/C15H18N6/c1-9(2)13(11-5-16-7-17-6-11)21-15-12-4-10(3)20-14(12)18-8-19-15/h4-9,13H,1-3H3,(H2,18,19,20,21)/t13-/m1/s1. The second-order valence-corrected chi connectivity index (χ2v) is 5.47. The van der Waals surface area contributed by atoms with Crippen LogP contribution in [0.1, 0.15) is 31.1 Å². The molecule has 0 unspecified atom stereocenters. The van der Waals surface area contributed by atoms with Crippen LogP contribution in [0.15, 0.2) is 31.1 Å². The number of nitrogens with zero attached hydrogens (tertiary/aromatic N) is 4. The minimum absolute atomic E-state index is 0.0968. The third-order valence-corrected chi connectivity index (χ3v) is 3.46. The second-order valence-electron chi connectivity index (χ2n) is 5.47. The molecule has 6 heteroatoms. The number of fused-ring (bicyclic) bond motifs is 1. The van der Waals surface area contributed by atoms with E-state index in [0.29, 0.717) is 5.92 Å². The molecule has 0 aliphatic heterocycles. The molecule has 0 aliphatic carbocycles. The van der Waals surface area contributed by atoms with Crippen molar-refractivity contribution >= 4 is 16.9 Å². The van der Waals surface area contributed by atoms with Crippen molar-refractivity contribution < 1.29 is 0 Å². The van der Waals surface area contributed by atoms with Crippen LogP contribution in [0.4, 0.5) is 5.82 Å². The minimum atomic E-state index is 0.0968. The summed E-state index contributed by atoms with van der Waals surface area (Å²) in [7, 11) is 0. The molecular weight excluding hydrogens is 264 g/mol. The lowest BCUT2D eigenvalue weighted by atomic mass is 9.98. The number of hydrogen-bond donors (Lipinski definition) is 2. The number of aromatic amines is 1. The lowest BCUT2D eigenvalue weighted by Gasteiger charge is -2.23. The fraction of sp³-hybridized carbons (Fsp3) is 0.333. The van der Waals surface area contributed by atoms with Gasteiger partial charge in [0.05, 0.1) is 11.4 Å². The average molecular weight is 282 g/mol. The van der Waals surface area contributed by atoms with Gasteiger partial charge in [-0.25, -0.2) is 19.9 Å². The van der Waals surface area contributed by atoms with Crippen molar-refractivity contribution in [3.8, 4) is 0 Å². The van der Waals surface area contributed by atoms with Gasteiger partial charge in [0.2, 0.25) is 0 Å². The summed E-state index contributed by atoms with van der Waals surface area (Å²) < 4.78 is 0. The molecule has 1 atom stereocenters. The van der Waals surface area contributed by atoms with Crippen LogP contribution in [0.5, 0.6) is 0 Å². The Morgan fingerprint density at radius 3 is 2.57 bits per heavy atom. The van der Waals surface area contributed by atoms with Gasteiger partial charge in [0.1, 0.15) is 24.1 Å². The summed E-state index contributed by atoms with van der Waals surface area (Å²) in [5.74, 6) is 1.20. The van der Waals surface area contributed by atoms with E-state index in [0.717, 1.165) is 28.1 Å². The largest absolute Gasteiger partial charge is 0.362 e. The zero-order valence-electron chi connectivity index (χ0n) is 12.3. The first-order chi connectivity index (χ1) is 10.1. The van der Waals surface area contributed by atoms with E-state index in [4.69, 9.17) is 0 Å². The van der Waals surface area contributed by atoms with Gasteiger partial charge in [-0.15, -0.1) is 0 Å². The number of H-pyrrole nitrogens is 1. The first kappa shape index (κ1) is 13.5. The van der Waals surface area contributed by atoms with Crippen molar-refractivity contribution in [2.45, 2.75) is 26.8 Å². The summed E-state index contributed by atoms with van der Waals surface area (Å²) in [5, 5.41) is 4.50. The summed E-state index contributed by atoms with van der Waals surface area (Å²) in [6.45, 7) is 6.33. The molecule has 0 fully saturated rings. The summed E-state index contributed by atoms with van der Waals surface area (Å²) >= 11 is 0. The van der Waals surface area contributed by atoms with E-state index in [9.17, 15) is 0 Å². The molecule has 3 aromatic heterocycles. The Labute approximate surface area is 123 Å². The van der Waals surface area contributed by atoms with Gasteiger partial charge in [0.25, 0.3) is 0 Å². The van der Waals surface area contributed by atoms with E-state index in [1.54, 1.807) is 12.7 Å². The molecule has 2 N–H and O–H groups in total. The topological polar surface area (TPSA) is 79.4 Å². The molecule has 0 amide bonds. The van der Waals surface area contributed by atoms with Crippen LogP contribution >= 0.6 is 0 Å². The van der Waals surface area contributed by atoms with Crippen molar-refractivity contribution in [2.75, 3.05) is 5.32 Å². The third kappa shape index (κ3) is 2.69. The SMILES string of the molecule is Cc1cc2c(N[C@@H](c3cncnc3)C(C)C)ncnc2[nH]1. The lowest BCUT2D eigenvalue weighted by Crippen LogP contribution is -2.18. The monoisotopic (exact) mass is 282 g/mol. The third-order valence-electron chi connectivity index (χ3n) is 3.46. The number of aryl methyl sites for hydroxylation is 1. The lowest BCUT2D eigenvalue weighted by molar-refractivity contribution is 0.542. The van der Waals surface area contributed by atoms with Gasteiger partial charge in [-0.2, -0.15) is 0 Å². The number of nitrogens with one attached hydrogen (secondary N) is 2. The highest BCUT2D eigenvalue weighted by Gasteiger charge is 2.18. The smallest absolute Gasteiger partial charge is 0.143 e. The molecular formula is C15H18N6. The van der Waals surface area contributed by atoms with E-state index in [-0.39, 0.29) is 6.04 Å². The molecule has 21 heavy (non-hydrogen) atoms. The van der Waals surface area contributed by atoms with Gasteiger partial charge in [-0.3, -0.25) is 0 Å². The molecule has 0 saturated heterocycles. The molecule has 0 saturated carbocycles. The van der Waals surface area contributed by atoms with Gasteiger partial charge in [0.15, 0.2) is 0 Å². The maximum absolute atomic E-state index is 4.38. The summed E-state index contributed by atoms with van der Waals surface area (Å²) in [6, 6.07) is 2.15. The van der Waals surface area contributed by atoms with Crippen LogP contribution in [-0.4, -0.2) is 24.9 Å². The molecule has 0 spiro atoms. The fourth-order valence-corrected chi connectivity index (χ4v) is 2.44. The van der Waals surface area contributed by atoms with Crippen LogP contribution in [-0.2, 0) is 0 Å². The quantitative estimate of drug-likeness (QED) is 0.769. The maximum atomic E-state index is 4.38. The van der Waals surface area contributed by atoms with Crippen molar-refractivity contribution in [2.24, 2.45) is 5.92 Å². The minimum Gasteiger partial charge on any atom is -0.362 e. The molecule has 108 valence electrons. The molecule has 3 aromatic rings. The molecule has 0 radical (unpaired) electrons. The van der Waals surface area contributed by atoms with E-state index in [2.05, 4.69) is 50.2 Å². The zero-order chi connectivity index (χ0) is 14.8. The van der Waals surface area contributed by atoms with Gasteiger partial charge < -0.3 is 10.3 Å². The van der Waals surface area contributed by atoms with Crippen molar-refractivity contribution in [3.63, 3.8) is 0 Å². The van der Waals surface area contributed by atoms with Gasteiger partial charge in [-0.1, -0.05) is 13.8 Å². The highest BCUT2D eigenvalue weighted by molar-refractivity contribution is 5.87. The Morgan fingerprint density at radius 1 is 1.10 bits per heavy atom. The predicted octanol–water partition coefficient (Wildman–Crippen LogP) is 2.87. The average Bonchev–Trinajstić information content (AvgIpc) is 2.86. The van der Waals surface area contributed by atoms with E-state index < -0.39 is 0 Å². The number of rotatable bonds is 4. The Balaban J connectivity index is 1.99. The Morgan fingerprint density at radius 2 is 1.86 bits per heavy atom. The number of hydrogen-bond acceptors (Lipinski definition) is 5. The van der Waals surface area contributed by atoms with Crippen LogP contribution in [0, 0.1) is 12.8 Å². The number of aromatic nitrogens is 5. The van der Waals surface area contributed by atoms with Gasteiger partial charge >= 0.3 is 0 Å². The van der Waals surface area contributed by atoms with Gasteiger partial charge in [-0.05, 0) is 18.9 Å². The first-order valence-electron chi connectivity index (χ1n) is 6.97. The van der Waals surface area contributed by atoms with E-state index >= 15 is 0 Å². The Kier molecular flexibility index (Phi) is 3.51. The predicted molar refractivity (Wildman–Crippen MR) is 81.9 cm³/mol. The highest BCUT2D eigenvalue weighted by atomic mass is 15.1. The van der Waals surface area contributed by atoms with Crippen molar-refractivity contribution in [3.05, 3.63) is 42.4 Å². The van der Waals surface area contributed by atoms with Gasteiger partial charge in [0, 0.05) is 23.7 Å². The molecule has 3 rings (SSSR count). The summed E-state index contributed by atoms with van der Waals surface area (Å²) in [5.41, 5.74) is 2.96. The van der Waals surface area contributed by atoms with E-state index in [1.165, 1.54) is 0 Å². The molecule has 3 heterocycles. The zero-order valence-corrected chi connectivity index (χ0v) is 12.3. The van der Waals surface area contributed by atoms with Crippen LogP contribution in [0.2, 0.25) is 0 Å². The molecule has 0 bridgehead atoms. The Hall–Kier alpha value is -2.50. The van der Waals surface area contributed by atoms with E-state index in [1.807, 2.05) is 19.3 Å². The molecule has 6 nitrogen and oxygen atoms in total. The van der Waals surface area contributed by atoms with Crippen molar-refractivity contribution in [1.29, 1.82) is 0 Å². The Bertz CT molecular complexity index is 734. The fourth-order valence-electron chi connectivity index (χ4n) is 2.44. The molecule has 0 aliphatic rings. The summed E-state index contributed by atoms with van der Waals surface area (Å²) in [4.78, 5) is 20.1. The maximum Gasteiger partial charge on any atom is 0.143 e. The normalized spacial score (nSPS) is 12.8. The number of anilines is 1. The van der Waals surface area contributed by atoms with Crippen LogP contribution < -0.4 is 5.32 Å².